The Morgan fingerprint density at radius 1 is 0.800 bits per heavy atom. The van der Waals surface area contributed by atoms with Crippen LogP contribution in [0.25, 0.3) is 12.2 Å². The second kappa shape index (κ2) is 8.80. The molecule has 0 fully saturated rings. The Morgan fingerprint density at radius 3 is 2.07 bits per heavy atom. The van der Waals surface area contributed by atoms with E-state index in [9.17, 15) is 8.42 Å². The van der Waals surface area contributed by atoms with Crippen LogP contribution in [-0.4, -0.2) is 13.4 Å². The van der Waals surface area contributed by atoms with E-state index in [-0.39, 0.29) is 21.7 Å². The molecule has 1 aromatic heterocycles. The van der Waals surface area contributed by atoms with Gasteiger partial charge in [0.25, 0.3) is 0 Å². The van der Waals surface area contributed by atoms with E-state index in [0.29, 0.717) is 6.54 Å². The van der Waals surface area contributed by atoms with Gasteiger partial charge in [-0.2, -0.15) is 4.98 Å². The summed E-state index contributed by atoms with van der Waals surface area (Å²) in [4.78, 5) is 4.45. The van der Waals surface area contributed by atoms with Gasteiger partial charge in [-0.3, -0.25) is 0 Å². The van der Waals surface area contributed by atoms with Gasteiger partial charge >= 0.3 is 0 Å². The van der Waals surface area contributed by atoms with E-state index >= 15 is 0 Å². The molecule has 0 unspecified atom stereocenters. The number of anilines is 1. The van der Waals surface area contributed by atoms with E-state index in [4.69, 9.17) is 4.42 Å². The lowest BCUT2D eigenvalue weighted by Gasteiger charge is -2.06. The number of hydrogen-bond donors (Lipinski definition) is 1. The van der Waals surface area contributed by atoms with Crippen molar-refractivity contribution >= 4 is 27.9 Å². The second-order valence-electron chi connectivity index (χ2n) is 6.59. The van der Waals surface area contributed by atoms with Crippen LogP contribution < -0.4 is 5.32 Å². The molecule has 0 aliphatic rings. The molecule has 1 N–H and O–H groups in total. The molecule has 4 aromatic rings. The van der Waals surface area contributed by atoms with Gasteiger partial charge in [-0.25, -0.2) is 8.42 Å². The average Bonchev–Trinajstić information content (AvgIpc) is 3.22. The van der Waals surface area contributed by atoms with Crippen molar-refractivity contribution in [2.45, 2.75) is 16.5 Å². The maximum absolute atomic E-state index is 13.2. The maximum Gasteiger partial charge on any atom is 0.234 e. The molecule has 6 heteroatoms. The summed E-state index contributed by atoms with van der Waals surface area (Å²) in [6, 6.07) is 27.6. The van der Waals surface area contributed by atoms with E-state index < -0.39 is 9.84 Å². The summed E-state index contributed by atoms with van der Waals surface area (Å²) < 4.78 is 32.1. The highest BCUT2D eigenvalue weighted by Crippen LogP contribution is 2.29. The third kappa shape index (κ3) is 4.50. The Labute approximate surface area is 175 Å². The van der Waals surface area contributed by atoms with Gasteiger partial charge in [0.05, 0.1) is 4.90 Å². The lowest BCUT2D eigenvalue weighted by Crippen LogP contribution is -2.07. The van der Waals surface area contributed by atoms with Crippen LogP contribution in [0.2, 0.25) is 0 Å². The van der Waals surface area contributed by atoms with Gasteiger partial charge in [0.1, 0.15) is 0 Å². The molecule has 5 nitrogen and oxygen atoms in total. The molecule has 150 valence electrons. The van der Waals surface area contributed by atoms with Crippen LogP contribution >= 0.6 is 0 Å². The minimum atomic E-state index is -3.84. The number of sulfone groups is 1. The quantitative estimate of drug-likeness (QED) is 0.443. The van der Waals surface area contributed by atoms with Crippen molar-refractivity contribution in [2.75, 3.05) is 5.32 Å². The molecule has 0 aliphatic carbocycles. The van der Waals surface area contributed by atoms with Gasteiger partial charge < -0.3 is 9.73 Å². The first kappa shape index (κ1) is 19.7. The van der Waals surface area contributed by atoms with Crippen LogP contribution in [0.4, 0.5) is 5.88 Å². The number of oxazole rings is 1. The Balaban J connectivity index is 1.69. The molecule has 1 heterocycles. The Bertz CT molecular complexity index is 1230. The van der Waals surface area contributed by atoms with Crippen molar-refractivity contribution in [1.29, 1.82) is 0 Å². The van der Waals surface area contributed by atoms with Crippen LogP contribution in [0, 0.1) is 0 Å². The standard InChI is InChI=1S/C24H20N2O3S/c27-30(28,21-14-8-3-9-15-21)24-23(25-18-20-12-6-2-7-13-20)29-22(26-24)17-16-19-10-4-1-5-11-19/h1-17,25H,18H2. The Hall–Kier alpha value is -3.64. The number of nitrogens with zero attached hydrogens (tertiary/aromatic N) is 1. The van der Waals surface area contributed by atoms with Crippen LogP contribution in [-0.2, 0) is 16.4 Å². The normalized spacial score (nSPS) is 11.6. The predicted molar refractivity (Wildman–Crippen MR) is 118 cm³/mol. The predicted octanol–water partition coefficient (Wildman–Crippen LogP) is 5.29. The first-order valence-corrected chi connectivity index (χ1v) is 10.9. The summed E-state index contributed by atoms with van der Waals surface area (Å²) in [5.41, 5.74) is 1.96. The zero-order chi connectivity index (χ0) is 20.8. The van der Waals surface area contributed by atoms with Gasteiger partial charge in [0, 0.05) is 12.6 Å². The van der Waals surface area contributed by atoms with Crippen molar-refractivity contribution in [3.05, 3.63) is 108 Å². The number of aromatic nitrogens is 1. The molecule has 0 amide bonds. The molecular weight excluding hydrogens is 396 g/mol. The zero-order valence-corrected chi connectivity index (χ0v) is 16.9. The Kier molecular flexibility index (Phi) is 5.77. The van der Waals surface area contributed by atoms with Gasteiger partial charge in [0.15, 0.2) is 0 Å². The first-order valence-electron chi connectivity index (χ1n) is 9.45. The molecule has 0 aliphatic heterocycles. The summed E-state index contributed by atoms with van der Waals surface area (Å²) in [6.07, 6.45) is 3.48. The molecule has 0 saturated heterocycles. The number of nitrogens with one attached hydrogen (secondary N) is 1. The minimum Gasteiger partial charge on any atom is -0.420 e. The van der Waals surface area contributed by atoms with E-state index in [2.05, 4.69) is 10.3 Å². The van der Waals surface area contributed by atoms with Crippen molar-refractivity contribution in [3.8, 4) is 0 Å². The zero-order valence-electron chi connectivity index (χ0n) is 16.1. The average molecular weight is 417 g/mol. The van der Waals surface area contributed by atoms with Crippen LogP contribution in [0.1, 0.15) is 17.0 Å². The topological polar surface area (TPSA) is 72.2 Å². The van der Waals surface area contributed by atoms with E-state index in [1.165, 1.54) is 0 Å². The fourth-order valence-electron chi connectivity index (χ4n) is 2.91. The molecule has 0 bridgehead atoms. The molecule has 0 radical (unpaired) electrons. The Morgan fingerprint density at radius 2 is 1.40 bits per heavy atom. The first-order chi connectivity index (χ1) is 14.6. The summed E-state index contributed by atoms with van der Waals surface area (Å²) in [5, 5.41) is 2.95. The third-order valence-corrected chi connectivity index (χ3v) is 6.11. The lowest BCUT2D eigenvalue weighted by atomic mass is 10.2. The molecule has 30 heavy (non-hydrogen) atoms. The van der Waals surface area contributed by atoms with Crippen molar-refractivity contribution in [3.63, 3.8) is 0 Å². The van der Waals surface area contributed by atoms with Gasteiger partial charge in [0.2, 0.25) is 26.6 Å². The van der Waals surface area contributed by atoms with E-state index in [1.807, 2.05) is 66.7 Å². The number of rotatable bonds is 7. The van der Waals surface area contributed by atoms with Crippen LogP contribution in [0.15, 0.2) is 105 Å². The highest BCUT2D eigenvalue weighted by molar-refractivity contribution is 7.91. The monoisotopic (exact) mass is 416 g/mol. The fraction of sp³-hybridized carbons (Fsp3) is 0.0417. The molecule has 0 spiro atoms. The molecule has 3 aromatic carbocycles. The fourth-order valence-corrected chi connectivity index (χ4v) is 4.21. The largest absolute Gasteiger partial charge is 0.420 e. The highest BCUT2D eigenvalue weighted by Gasteiger charge is 2.27. The van der Waals surface area contributed by atoms with Crippen LogP contribution in [0.3, 0.4) is 0 Å². The summed E-state index contributed by atoms with van der Waals surface area (Å²) in [5.74, 6) is 0.333. The maximum atomic E-state index is 13.2. The highest BCUT2D eigenvalue weighted by atomic mass is 32.2. The van der Waals surface area contributed by atoms with Crippen molar-refractivity contribution < 1.29 is 12.8 Å². The summed E-state index contributed by atoms with van der Waals surface area (Å²) in [6.45, 7) is 0.412. The second-order valence-corrected chi connectivity index (χ2v) is 8.45. The molecule has 0 saturated carbocycles. The number of benzene rings is 3. The smallest absolute Gasteiger partial charge is 0.234 e. The van der Waals surface area contributed by atoms with Gasteiger partial charge in [-0.15, -0.1) is 0 Å². The molecule has 4 rings (SSSR count). The van der Waals surface area contributed by atoms with Gasteiger partial charge in [-0.1, -0.05) is 78.9 Å². The van der Waals surface area contributed by atoms with E-state index in [1.54, 1.807) is 36.4 Å². The lowest BCUT2D eigenvalue weighted by molar-refractivity contribution is 0.554. The summed E-state index contributed by atoms with van der Waals surface area (Å²) in [7, 11) is -3.84. The number of hydrogen-bond acceptors (Lipinski definition) is 5. The van der Waals surface area contributed by atoms with Crippen molar-refractivity contribution in [2.24, 2.45) is 0 Å². The third-order valence-electron chi connectivity index (χ3n) is 4.43. The summed E-state index contributed by atoms with van der Waals surface area (Å²) >= 11 is 0. The molecule has 0 atom stereocenters. The van der Waals surface area contributed by atoms with E-state index in [0.717, 1.165) is 11.1 Å². The minimum absolute atomic E-state index is 0.121. The van der Waals surface area contributed by atoms with Crippen LogP contribution in [0.5, 0.6) is 0 Å². The van der Waals surface area contributed by atoms with Crippen molar-refractivity contribution in [1.82, 2.24) is 4.98 Å². The molecular formula is C24H20N2O3S. The SMILES string of the molecule is O=S(=O)(c1ccccc1)c1nc(C=Cc2ccccc2)oc1NCc1ccccc1. The van der Waals surface area contributed by atoms with Gasteiger partial charge in [-0.05, 0) is 29.3 Å².